The maximum atomic E-state index is 13.0. The maximum absolute atomic E-state index is 13.0. The Balaban J connectivity index is 1.71. The number of hydrogen-bond donors (Lipinski definition) is 1. The second kappa shape index (κ2) is 5.25. The lowest BCUT2D eigenvalue weighted by Crippen LogP contribution is -2.39. The SMILES string of the molecule is CC1Cc2ccccc2N(C(=O)c2ccc3c(c2)CNC3)C1. The van der Waals surface area contributed by atoms with Crippen molar-refractivity contribution in [2.75, 3.05) is 11.4 Å². The fourth-order valence-corrected chi connectivity index (χ4v) is 3.57. The van der Waals surface area contributed by atoms with E-state index < -0.39 is 0 Å². The number of hydrogen-bond acceptors (Lipinski definition) is 2. The third kappa shape index (κ3) is 2.22. The molecule has 1 unspecified atom stereocenters. The summed E-state index contributed by atoms with van der Waals surface area (Å²) in [5, 5.41) is 3.33. The number of carbonyl (C=O) groups excluding carboxylic acids is 1. The number of rotatable bonds is 1. The first-order valence-electron chi connectivity index (χ1n) is 7.94. The molecule has 2 heterocycles. The Labute approximate surface area is 131 Å². The van der Waals surface area contributed by atoms with E-state index in [4.69, 9.17) is 0 Å². The largest absolute Gasteiger partial charge is 0.309 e. The maximum Gasteiger partial charge on any atom is 0.258 e. The Kier molecular flexibility index (Phi) is 3.23. The predicted molar refractivity (Wildman–Crippen MR) is 88.0 cm³/mol. The molecular weight excluding hydrogens is 272 g/mol. The van der Waals surface area contributed by atoms with Crippen LogP contribution in [0.1, 0.15) is 34.0 Å². The van der Waals surface area contributed by atoms with Gasteiger partial charge in [-0.3, -0.25) is 4.79 Å². The number of carbonyl (C=O) groups is 1. The van der Waals surface area contributed by atoms with Gasteiger partial charge in [0.05, 0.1) is 0 Å². The van der Waals surface area contributed by atoms with Crippen LogP contribution in [0.5, 0.6) is 0 Å². The van der Waals surface area contributed by atoms with Crippen molar-refractivity contribution in [2.24, 2.45) is 5.92 Å². The van der Waals surface area contributed by atoms with Crippen LogP contribution in [0, 0.1) is 5.92 Å². The third-order valence-electron chi connectivity index (χ3n) is 4.67. The van der Waals surface area contributed by atoms with Gasteiger partial charge in [0.25, 0.3) is 5.91 Å². The minimum Gasteiger partial charge on any atom is -0.309 e. The Bertz CT molecular complexity index is 738. The van der Waals surface area contributed by atoms with Gasteiger partial charge in [0.15, 0.2) is 0 Å². The molecule has 112 valence electrons. The first kappa shape index (κ1) is 13.5. The molecule has 0 bridgehead atoms. The van der Waals surface area contributed by atoms with Gasteiger partial charge >= 0.3 is 0 Å². The van der Waals surface area contributed by atoms with E-state index in [0.717, 1.165) is 37.3 Å². The molecule has 4 rings (SSSR count). The zero-order valence-electron chi connectivity index (χ0n) is 12.8. The van der Waals surface area contributed by atoms with Gasteiger partial charge in [-0.05, 0) is 47.2 Å². The average Bonchev–Trinajstić information content (AvgIpc) is 3.00. The van der Waals surface area contributed by atoms with Gasteiger partial charge < -0.3 is 10.2 Å². The average molecular weight is 292 g/mol. The second-order valence-corrected chi connectivity index (χ2v) is 6.44. The predicted octanol–water partition coefficient (Wildman–Crippen LogP) is 3.13. The van der Waals surface area contributed by atoms with Gasteiger partial charge in [-0.1, -0.05) is 31.2 Å². The summed E-state index contributed by atoms with van der Waals surface area (Å²) in [7, 11) is 0. The van der Waals surface area contributed by atoms with E-state index in [1.165, 1.54) is 16.7 Å². The van der Waals surface area contributed by atoms with E-state index in [0.29, 0.717) is 5.92 Å². The Morgan fingerprint density at radius 2 is 1.91 bits per heavy atom. The van der Waals surface area contributed by atoms with E-state index in [1.54, 1.807) is 0 Å². The molecule has 0 radical (unpaired) electrons. The molecule has 1 N–H and O–H groups in total. The van der Waals surface area contributed by atoms with E-state index in [1.807, 2.05) is 17.0 Å². The van der Waals surface area contributed by atoms with Gasteiger partial charge in [-0.2, -0.15) is 0 Å². The minimum atomic E-state index is 0.119. The van der Waals surface area contributed by atoms with Crippen LogP contribution in [0.15, 0.2) is 42.5 Å². The molecule has 1 amide bonds. The van der Waals surface area contributed by atoms with Crippen LogP contribution in [-0.2, 0) is 19.5 Å². The number of anilines is 1. The van der Waals surface area contributed by atoms with Crippen molar-refractivity contribution in [1.29, 1.82) is 0 Å². The zero-order valence-corrected chi connectivity index (χ0v) is 12.8. The number of nitrogens with zero attached hydrogens (tertiary/aromatic N) is 1. The highest BCUT2D eigenvalue weighted by molar-refractivity contribution is 6.07. The van der Waals surface area contributed by atoms with Crippen LogP contribution in [0.25, 0.3) is 0 Å². The summed E-state index contributed by atoms with van der Waals surface area (Å²) < 4.78 is 0. The lowest BCUT2D eigenvalue weighted by atomic mass is 9.93. The fourth-order valence-electron chi connectivity index (χ4n) is 3.57. The van der Waals surface area contributed by atoms with Crippen molar-refractivity contribution in [3.8, 4) is 0 Å². The summed E-state index contributed by atoms with van der Waals surface area (Å²) in [4.78, 5) is 15.0. The second-order valence-electron chi connectivity index (χ2n) is 6.44. The monoisotopic (exact) mass is 292 g/mol. The Morgan fingerprint density at radius 3 is 2.82 bits per heavy atom. The summed E-state index contributed by atoms with van der Waals surface area (Å²) in [5.74, 6) is 0.614. The van der Waals surface area contributed by atoms with Gasteiger partial charge in [-0.25, -0.2) is 0 Å². The fraction of sp³-hybridized carbons (Fsp3) is 0.316. The molecule has 2 aromatic carbocycles. The van der Waals surface area contributed by atoms with Gasteiger partial charge in [0.1, 0.15) is 0 Å². The molecule has 0 saturated carbocycles. The summed E-state index contributed by atoms with van der Waals surface area (Å²) in [6, 6.07) is 14.4. The van der Waals surface area contributed by atoms with Crippen LogP contribution in [0.4, 0.5) is 5.69 Å². The lowest BCUT2D eigenvalue weighted by Gasteiger charge is -2.33. The molecule has 2 aliphatic heterocycles. The molecular formula is C19H20N2O. The van der Waals surface area contributed by atoms with Gasteiger partial charge in [0.2, 0.25) is 0 Å². The summed E-state index contributed by atoms with van der Waals surface area (Å²) in [5.41, 5.74) is 5.71. The third-order valence-corrected chi connectivity index (χ3v) is 4.67. The molecule has 1 atom stereocenters. The molecule has 3 nitrogen and oxygen atoms in total. The van der Waals surface area contributed by atoms with Gasteiger partial charge in [0, 0.05) is 30.9 Å². The van der Waals surface area contributed by atoms with E-state index in [9.17, 15) is 4.79 Å². The van der Waals surface area contributed by atoms with Crippen molar-refractivity contribution in [2.45, 2.75) is 26.4 Å². The Morgan fingerprint density at radius 1 is 1.09 bits per heavy atom. The highest BCUT2D eigenvalue weighted by Crippen LogP contribution is 2.31. The molecule has 0 fully saturated rings. The van der Waals surface area contributed by atoms with Crippen LogP contribution in [0.2, 0.25) is 0 Å². The zero-order chi connectivity index (χ0) is 15.1. The van der Waals surface area contributed by atoms with Crippen LogP contribution in [-0.4, -0.2) is 12.5 Å². The smallest absolute Gasteiger partial charge is 0.258 e. The molecule has 2 aliphatic rings. The standard InChI is InChI=1S/C19H20N2O/c1-13-8-14-4-2-3-5-18(14)21(12-13)19(22)15-6-7-16-10-20-11-17(16)9-15/h2-7,9,13,20H,8,10-12H2,1H3. The summed E-state index contributed by atoms with van der Waals surface area (Å²) in [6.45, 7) is 4.78. The van der Waals surface area contributed by atoms with E-state index >= 15 is 0 Å². The topological polar surface area (TPSA) is 32.3 Å². The highest BCUT2D eigenvalue weighted by atomic mass is 16.2. The van der Waals surface area contributed by atoms with Crippen molar-refractivity contribution >= 4 is 11.6 Å². The van der Waals surface area contributed by atoms with Crippen LogP contribution >= 0.6 is 0 Å². The normalized spacial score (nSPS) is 19.7. The molecule has 0 saturated heterocycles. The summed E-state index contributed by atoms with van der Waals surface area (Å²) >= 11 is 0. The Hall–Kier alpha value is -2.13. The van der Waals surface area contributed by atoms with Gasteiger partial charge in [-0.15, -0.1) is 0 Å². The molecule has 2 aromatic rings. The van der Waals surface area contributed by atoms with Crippen LogP contribution in [0.3, 0.4) is 0 Å². The van der Waals surface area contributed by atoms with Crippen molar-refractivity contribution < 1.29 is 4.79 Å². The number of para-hydroxylation sites is 1. The molecule has 0 aliphatic carbocycles. The number of fused-ring (bicyclic) bond motifs is 2. The van der Waals surface area contributed by atoms with E-state index in [2.05, 4.69) is 42.6 Å². The van der Waals surface area contributed by atoms with Crippen molar-refractivity contribution in [3.63, 3.8) is 0 Å². The molecule has 22 heavy (non-hydrogen) atoms. The molecule has 0 spiro atoms. The van der Waals surface area contributed by atoms with E-state index in [-0.39, 0.29) is 5.91 Å². The van der Waals surface area contributed by atoms with Crippen molar-refractivity contribution in [3.05, 3.63) is 64.7 Å². The number of nitrogens with one attached hydrogen (secondary N) is 1. The summed E-state index contributed by atoms with van der Waals surface area (Å²) in [6.07, 6.45) is 1.05. The first-order chi connectivity index (χ1) is 10.7. The quantitative estimate of drug-likeness (QED) is 0.876. The molecule has 0 aromatic heterocycles. The lowest BCUT2D eigenvalue weighted by molar-refractivity contribution is 0.0981. The highest BCUT2D eigenvalue weighted by Gasteiger charge is 2.27. The minimum absolute atomic E-state index is 0.119. The molecule has 3 heteroatoms. The number of benzene rings is 2. The van der Waals surface area contributed by atoms with Crippen molar-refractivity contribution in [1.82, 2.24) is 5.32 Å². The van der Waals surface area contributed by atoms with Crippen LogP contribution < -0.4 is 10.2 Å². The first-order valence-corrected chi connectivity index (χ1v) is 7.94. The number of amides is 1.